The molecular formula is C18H17NO4. The maximum atomic E-state index is 12.3. The average molecular weight is 311 g/mol. The SMILES string of the molecule is COC(=O)C1=CC(C)(C(=O)OC)Nc2ccc3ccccc3c21. The molecule has 5 heteroatoms. The maximum Gasteiger partial charge on any atom is 0.338 e. The molecule has 0 amide bonds. The standard InChI is InChI=1S/C18H17NO4/c1-18(17(21)23-3)10-13(16(20)22-2)15-12-7-5-4-6-11(12)8-9-14(15)19-18/h4-10,19H,1-3H3. The van der Waals surface area contributed by atoms with E-state index in [2.05, 4.69) is 5.32 Å². The molecule has 0 aromatic heterocycles. The van der Waals surface area contributed by atoms with Crippen LogP contribution in [0.1, 0.15) is 12.5 Å². The van der Waals surface area contributed by atoms with Crippen molar-refractivity contribution >= 4 is 34.0 Å². The molecule has 1 N–H and O–H groups in total. The number of methoxy groups -OCH3 is 2. The zero-order valence-electron chi connectivity index (χ0n) is 13.2. The van der Waals surface area contributed by atoms with E-state index in [-0.39, 0.29) is 0 Å². The van der Waals surface area contributed by atoms with E-state index in [9.17, 15) is 9.59 Å². The van der Waals surface area contributed by atoms with Crippen LogP contribution in [-0.2, 0) is 19.1 Å². The molecule has 5 nitrogen and oxygen atoms in total. The van der Waals surface area contributed by atoms with Gasteiger partial charge in [0, 0.05) is 11.3 Å². The maximum absolute atomic E-state index is 12.3. The van der Waals surface area contributed by atoms with Crippen molar-refractivity contribution in [3.8, 4) is 0 Å². The van der Waals surface area contributed by atoms with Gasteiger partial charge in [0.2, 0.25) is 0 Å². The van der Waals surface area contributed by atoms with Crippen LogP contribution >= 0.6 is 0 Å². The van der Waals surface area contributed by atoms with Gasteiger partial charge in [0.15, 0.2) is 5.54 Å². The van der Waals surface area contributed by atoms with Crippen LogP contribution in [0.5, 0.6) is 0 Å². The highest BCUT2D eigenvalue weighted by molar-refractivity contribution is 6.24. The highest BCUT2D eigenvalue weighted by atomic mass is 16.5. The molecule has 0 saturated heterocycles. The van der Waals surface area contributed by atoms with Crippen LogP contribution in [0.2, 0.25) is 0 Å². The summed E-state index contributed by atoms with van der Waals surface area (Å²) >= 11 is 0. The summed E-state index contributed by atoms with van der Waals surface area (Å²) in [6.45, 7) is 1.67. The van der Waals surface area contributed by atoms with Gasteiger partial charge in [-0.05, 0) is 29.8 Å². The van der Waals surface area contributed by atoms with E-state index in [1.54, 1.807) is 13.0 Å². The number of hydrogen-bond donors (Lipinski definition) is 1. The molecule has 1 aliphatic heterocycles. The third-order valence-electron chi connectivity index (χ3n) is 4.04. The Morgan fingerprint density at radius 1 is 1.04 bits per heavy atom. The second-order valence-electron chi connectivity index (χ2n) is 5.58. The van der Waals surface area contributed by atoms with E-state index in [1.807, 2.05) is 36.4 Å². The number of carbonyl (C=O) groups excluding carboxylic acids is 2. The highest BCUT2D eigenvalue weighted by Crippen LogP contribution is 2.39. The Kier molecular flexibility index (Phi) is 3.56. The summed E-state index contributed by atoms with van der Waals surface area (Å²) in [5.74, 6) is -0.961. The van der Waals surface area contributed by atoms with Crippen molar-refractivity contribution in [1.29, 1.82) is 0 Å². The molecule has 23 heavy (non-hydrogen) atoms. The summed E-state index contributed by atoms with van der Waals surface area (Å²) in [7, 11) is 2.64. The third-order valence-corrected chi connectivity index (χ3v) is 4.04. The number of esters is 2. The molecular weight excluding hydrogens is 294 g/mol. The monoisotopic (exact) mass is 311 g/mol. The van der Waals surface area contributed by atoms with Crippen LogP contribution in [-0.4, -0.2) is 31.7 Å². The van der Waals surface area contributed by atoms with Crippen LogP contribution in [0.25, 0.3) is 16.3 Å². The average Bonchev–Trinajstić information content (AvgIpc) is 2.59. The second kappa shape index (κ2) is 5.43. The number of hydrogen-bond acceptors (Lipinski definition) is 5. The van der Waals surface area contributed by atoms with Gasteiger partial charge in [-0.1, -0.05) is 30.3 Å². The Balaban J connectivity index is 2.30. The molecule has 0 spiro atoms. The molecule has 1 unspecified atom stereocenters. The minimum absolute atomic E-state index is 0.353. The lowest BCUT2D eigenvalue weighted by atomic mass is 9.86. The Bertz CT molecular complexity index is 840. The third kappa shape index (κ3) is 2.34. The fraction of sp³-hybridized carbons (Fsp3) is 0.222. The summed E-state index contributed by atoms with van der Waals surface area (Å²) in [6.07, 6.45) is 1.57. The van der Waals surface area contributed by atoms with Gasteiger partial charge in [0.1, 0.15) is 0 Å². The Morgan fingerprint density at radius 2 is 1.78 bits per heavy atom. The number of carbonyl (C=O) groups is 2. The predicted molar refractivity (Wildman–Crippen MR) is 88.0 cm³/mol. The molecule has 0 fully saturated rings. The van der Waals surface area contributed by atoms with Gasteiger partial charge in [-0.15, -0.1) is 0 Å². The number of ether oxygens (including phenoxy) is 2. The first-order valence-electron chi connectivity index (χ1n) is 7.20. The van der Waals surface area contributed by atoms with Crippen LogP contribution in [0.4, 0.5) is 5.69 Å². The summed E-state index contributed by atoms with van der Waals surface area (Å²) in [4.78, 5) is 24.4. The number of benzene rings is 2. The zero-order valence-corrected chi connectivity index (χ0v) is 13.2. The molecule has 2 aromatic rings. The lowest BCUT2D eigenvalue weighted by Gasteiger charge is -2.32. The van der Waals surface area contributed by atoms with E-state index < -0.39 is 17.5 Å². The summed E-state index contributed by atoms with van der Waals surface area (Å²) < 4.78 is 9.77. The molecule has 1 heterocycles. The first-order chi connectivity index (χ1) is 11.0. The van der Waals surface area contributed by atoms with Crippen molar-refractivity contribution < 1.29 is 19.1 Å². The van der Waals surface area contributed by atoms with E-state index in [4.69, 9.17) is 9.47 Å². The Hall–Kier alpha value is -2.82. The van der Waals surface area contributed by atoms with Crippen LogP contribution < -0.4 is 5.32 Å². The molecule has 0 aliphatic carbocycles. The lowest BCUT2D eigenvalue weighted by Crippen LogP contribution is -2.45. The van der Waals surface area contributed by atoms with Gasteiger partial charge in [-0.25, -0.2) is 9.59 Å². The van der Waals surface area contributed by atoms with Crippen molar-refractivity contribution in [3.63, 3.8) is 0 Å². The molecule has 0 bridgehead atoms. The fourth-order valence-electron chi connectivity index (χ4n) is 2.94. The molecule has 118 valence electrons. The Morgan fingerprint density at radius 3 is 2.48 bits per heavy atom. The topological polar surface area (TPSA) is 64.6 Å². The largest absolute Gasteiger partial charge is 0.467 e. The van der Waals surface area contributed by atoms with E-state index >= 15 is 0 Å². The molecule has 1 atom stereocenters. The minimum Gasteiger partial charge on any atom is -0.467 e. The number of fused-ring (bicyclic) bond motifs is 3. The van der Waals surface area contributed by atoms with Crippen LogP contribution in [0.3, 0.4) is 0 Å². The van der Waals surface area contributed by atoms with Crippen LogP contribution in [0, 0.1) is 0 Å². The van der Waals surface area contributed by atoms with Gasteiger partial charge >= 0.3 is 11.9 Å². The summed E-state index contributed by atoms with van der Waals surface area (Å²) in [6, 6.07) is 11.6. The van der Waals surface area contributed by atoms with Crippen molar-refractivity contribution in [3.05, 3.63) is 48.0 Å². The van der Waals surface area contributed by atoms with Gasteiger partial charge < -0.3 is 14.8 Å². The van der Waals surface area contributed by atoms with Crippen molar-refractivity contribution in [1.82, 2.24) is 0 Å². The van der Waals surface area contributed by atoms with Gasteiger partial charge in [0.25, 0.3) is 0 Å². The highest BCUT2D eigenvalue weighted by Gasteiger charge is 2.39. The van der Waals surface area contributed by atoms with E-state index in [0.29, 0.717) is 11.3 Å². The number of anilines is 1. The molecule has 3 rings (SSSR count). The molecule has 1 aliphatic rings. The first kappa shape index (κ1) is 15.1. The van der Waals surface area contributed by atoms with Crippen molar-refractivity contribution in [2.45, 2.75) is 12.5 Å². The van der Waals surface area contributed by atoms with Crippen molar-refractivity contribution in [2.24, 2.45) is 0 Å². The fourth-order valence-corrected chi connectivity index (χ4v) is 2.94. The minimum atomic E-state index is -1.13. The molecule has 0 saturated carbocycles. The van der Waals surface area contributed by atoms with Gasteiger partial charge in [-0.3, -0.25) is 0 Å². The van der Waals surface area contributed by atoms with E-state index in [0.717, 1.165) is 16.3 Å². The van der Waals surface area contributed by atoms with E-state index in [1.165, 1.54) is 14.2 Å². The summed E-state index contributed by atoms with van der Waals surface area (Å²) in [5, 5.41) is 5.09. The van der Waals surface area contributed by atoms with Crippen LogP contribution in [0.15, 0.2) is 42.5 Å². The summed E-state index contributed by atoms with van der Waals surface area (Å²) in [5.41, 5.74) is 0.648. The predicted octanol–water partition coefficient (Wildman–Crippen LogP) is 2.75. The lowest BCUT2D eigenvalue weighted by molar-refractivity contribution is -0.143. The normalized spacial score (nSPS) is 19.3. The number of nitrogens with one attached hydrogen (secondary N) is 1. The smallest absolute Gasteiger partial charge is 0.338 e. The molecule has 0 radical (unpaired) electrons. The quantitative estimate of drug-likeness (QED) is 0.864. The molecule has 2 aromatic carbocycles. The Labute approximate surface area is 133 Å². The van der Waals surface area contributed by atoms with Crippen molar-refractivity contribution in [2.75, 3.05) is 19.5 Å². The first-order valence-corrected chi connectivity index (χ1v) is 7.20. The van der Waals surface area contributed by atoms with Gasteiger partial charge in [-0.2, -0.15) is 0 Å². The second-order valence-corrected chi connectivity index (χ2v) is 5.58. The zero-order chi connectivity index (χ0) is 16.6. The number of rotatable bonds is 2. The van der Waals surface area contributed by atoms with Gasteiger partial charge in [0.05, 0.1) is 19.8 Å².